The molecule has 1 aromatic heterocycles. The maximum Gasteiger partial charge on any atom is 0.0709 e. The van der Waals surface area contributed by atoms with Gasteiger partial charge in [0, 0.05) is 49.4 Å². The van der Waals surface area contributed by atoms with Gasteiger partial charge in [-0.15, -0.1) is 0 Å². The molecule has 0 radical (unpaired) electrons. The second-order valence-corrected chi connectivity index (χ2v) is 9.46. The van der Waals surface area contributed by atoms with Crippen LogP contribution in [-0.4, -0.2) is 30.3 Å². The van der Waals surface area contributed by atoms with Gasteiger partial charge >= 0.3 is 0 Å². The third-order valence-electron chi connectivity index (χ3n) is 7.80. The van der Waals surface area contributed by atoms with E-state index in [4.69, 9.17) is 5.73 Å². The maximum absolute atomic E-state index is 6.77. The minimum Gasteiger partial charge on any atom is -0.371 e. The fourth-order valence-corrected chi connectivity index (χ4v) is 5.87. The predicted octanol–water partition coefficient (Wildman–Crippen LogP) is 4.44. The van der Waals surface area contributed by atoms with Crippen LogP contribution in [0.1, 0.15) is 42.0 Å². The second-order valence-electron chi connectivity index (χ2n) is 9.46. The molecule has 3 heterocycles. The Hall–Kier alpha value is -3.18. The normalized spacial score (nSPS) is 21.5. The second kappa shape index (κ2) is 7.45. The molecule has 3 aliphatic rings. The van der Waals surface area contributed by atoms with Crippen LogP contribution < -0.4 is 16.1 Å². The molecular weight excluding hydrogens is 394 g/mol. The molecule has 6 rings (SSSR count). The Morgan fingerprint density at radius 1 is 1.12 bits per heavy atom. The molecule has 162 valence electrons. The number of piperidine rings is 1. The highest BCUT2D eigenvalue weighted by atomic mass is 15.3. The van der Waals surface area contributed by atoms with Crippen molar-refractivity contribution in [2.45, 2.75) is 31.7 Å². The van der Waals surface area contributed by atoms with Crippen molar-refractivity contribution < 1.29 is 0 Å². The Morgan fingerprint density at radius 3 is 2.75 bits per heavy atom. The van der Waals surface area contributed by atoms with Crippen molar-refractivity contribution in [3.05, 3.63) is 78.0 Å². The highest BCUT2D eigenvalue weighted by Gasteiger charge is 2.45. The van der Waals surface area contributed by atoms with Crippen LogP contribution in [-0.2, 0) is 6.42 Å². The summed E-state index contributed by atoms with van der Waals surface area (Å²) in [6.45, 7) is 7.28. The number of hydrogen-bond donors (Lipinski definition) is 2. The van der Waals surface area contributed by atoms with Gasteiger partial charge < -0.3 is 16.1 Å². The van der Waals surface area contributed by atoms with E-state index in [0.29, 0.717) is 0 Å². The molecule has 3 N–H and O–H groups in total. The van der Waals surface area contributed by atoms with Gasteiger partial charge in [0.15, 0.2) is 0 Å². The summed E-state index contributed by atoms with van der Waals surface area (Å²) in [5, 5.41) is 5.57. The van der Waals surface area contributed by atoms with Crippen LogP contribution in [0, 0.1) is 5.41 Å². The number of fused-ring (bicyclic) bond motifs is 2. The van der Waals surface area contributed by atoms with Gasteiger partial charge in [0.1, 0.15) is 0 Å². The lowest BCUT2D eigenvalue weighted by atomic mass is 9.73. The molecule has 1 atom stereocenters. The standard InChI is InChI=1S/C27H29N5/c1-18(24-9-13-30-31-24)21-8-12-29-25-7-6-20(16-23(21)25)32-14-10-27(11-15-32)17-19-4-2-3-5-22(19)26(27)28/h2-8,12,16,26,30H,1,9-11,13-15,17,28H2/t26-/m1/s1. The summed E-state index contributed by atoms with van der Waals surface area (Å²) in [4.78, 5) is 7.10. The van der Waals surface area contributed by atoms with E-state index < -0.39 is 0 Å². The van der Waals surface area contributed by atoms with Crippen molar-refractivity contribution in [1.29, 1.82) is 0 Å². The van der Waals surface area contributed by atoms with Gasteiger partial charge in [-0.1, -0.05) is 30.8 Å². The summed E-state index contributed by atoms with van der Waals surface area (Å²) in [5.41, 5.74) is 18.2. The van der Waals surface area contributed by atoms with Crippen LogP contribution in [0.2, 0.25) is 0 Å². The topological polar surface area (TPSA) is 66.5 Å². The fraction of sp³-hybridized carbons (Fsp3) is 0.333. The third-order valence-corrected chi connectivity index (χ3v) is 7.80. The van der Waals surface area contributed by atoms with Crippen LogP contribution in [0.5, 0.6) is 0 Å². The minimum absolute atomic E-state index is 0.150. The van der Waals surface area contributed by atoms with Gasteiger partial charge in [-0.05, 0) is 71.2 Å². The zero-order valence-corrected chi connectivity index (χ0v) is 18.3. The molecule has 32 heavy (non-hydrogen) atoms. The van der Waals surface area contributed by atoms with Crippen LogP contribution >= 0.6 is 0 Å². The summed E-state index contributed by atoms with van der Waals surface area (Å²) < 4.78 is 0. The summed E-state index contributed by atoms with van der Waals surface area (Å²) in [6, 6.07) is 17.6. The number of hydrogen-bond acceptors (Lipinski definition) is 5. The van der Waals surface area contributed by atoms with E-state index >= 15 is 0 Å². The molecule has 0 bridgehead atoms. The molecule has 1 fully saturated rings. The molecule has 1 aliphatic carbocycles. The van der Waals surface area contributed by atoms with Crippen LogP contribution in [0.3, 0.4) is 0 Å². The third kappa shape index (κ3) is 3.03. The van der Waals surface area contributed by atoms with Crippen molar-refractivity contribution in [2.75, 3.05) is 24.5 Å². The Labute approximate surface area is 189 Å². The van der Waals surface area contributed by atoms with Gasteiger partial charge in [-0.3, -0.25) is 4.98 Å². The number of nitrogens with zero attached hydrogens (tertiary/aromatic N) is 3. The van der Waals surface area contributed by atoms with Gasteiger partial charge in [0.2, 0.25) is 0 Å². The Morgan fingerprint density at radius 2 is 1.97 bits per heavy atom. The smallest absolute Gasteiger partial charge is 0.0709 e. The summed E-state index contributed by atoms with van der Waals surface area (Å²) in [6.07, 6.45) is 6.14. The molecule has 2 aliphatic heterocycles. The first kappa shape index (κ1) is 19.5. The molecule has 5 heteroatoms. The van der Waals surface area contributed by atoms with Crippen molar-refractivity contribution in [3.8, 4) is 0 Å². The largest absolute Gasteiger partial charge is 0.371 e. The number of nitrogens with two attached hydrogens (primary N) is 1. The minimum atomic E-state index is 0.150. The van der Waals surface area contributed by atoms with Gasteiger partial charge in [0.05, 0.1) is 11.2 Å². The Bertz CT molecular complexity index is 1240. The number of allylic oxidation sites excluding steroid dienone is 1. The lowest BCUT2D eigenvalue weighted by Crippen LogP contribution is -2.44. The van der Waals surface area contributed by atoms with Gasteiger partial charge in [-0.25, -0.2) is 0 Å². The zero-order chi connectivity index (χ0) is 21.7. The Kier molecular flexibility index (Phi) is 4.54. The van der Waals surface area contributed by atoms with E-state index in [-0.39, 0.29) is 11.5 Å². The Balaban J connectivity index is 1.27. The van der Waals surface area contributed by atoms with Gasteiger partial charge in [-0.2, -0.15) is 5.10 Å². The number of aromatic nitrogens is 1. The summed E-state index contributed by atoms with van der Waals surface area (Å²) in [7, 11) is 0. The molecule has 1 spiro atoms. The van der Waals surface area contributed by atoms with E-state index in [0.717, 1.165) is 73.1 Å². The highest BCUT2D eigenvalue weighted by molar-refractivity contribution is 6.26. The quantitative estimate of drug-likeness (QED) is 0.654. The predicted molar refractivity (Wildman–Crippen MR) is 132 cm³/mol. The first-order chi connectivity index (χ1) is 15.6. The molecule has 3 aromatic rings. The van der Waals surface area contributed by atoms with E-state index in [2.05, 4.69) is 75.5 Å². The van der Waals surface area contributed by atoms with E-state index in [1.54, 1.807) is 0 Å². The fourth-order valence-electron chi connectivity index (χ4n) is 5.87. The lowest BCUT2D eigenvalue weighted by Gasteiger charge is -2.43. The molecule has 0 saturated carbocycles. The van der Waals surface area contributed by atoms with Crippen molar-refractivity contribution in [3.63, 3.8) is 0 Å². The zero-order valence-electron chi connectivity index (χ0n) is 18.3. The van der Waals surface area contributed by atoms with Crippen molar-refractivity contribution in [1.82, 2.24) is 10.4 Å². The first-order valence-electron chi connectivity index (χ1n) is 11.6. The van der Waals surface area contributed by atoms with Crippen molar-refractivity contribution >= 4 is 27.9 Å². The maximum atomic E-state index is 6.77. The van der Waals surface area contributed by atoms with Crippen molar-refractivity contribution in [2.24, 2.45) is 16.3 Å². The SMILES string of the molecule is C=C(C1=NNCC1)c1ccnc2ccc(N3CCC4(CC3)Cc3ccccc3[C@H]4N)cc12. The molecule has 0 amide bonds. The summed E-state index contributed by atoms with van der Waals surface area (Å²) in [5.74, 6) is 0. The number of pyridine rings is 1. The number of hydrazone groups is 1. The van der Waals surface area contributed by atoms with Crippen LogP contribution in [0.15, 0.2) is 66.4 Å². The average molecular weight is 424 g/mol. The molecule has 0 unspecified atom stereocenters. The lowest BCUT2D eigenvalue weighted by molar-refractivity contribution is 0.188. The van der Waals surface area contributed by atoms with E-state index in [1.165, 1.54) is 16.8 Å². The van der Waals surface area contributed by atoms with Crippen LogP contribution in [0.4, 0.5) is 5.69 Å². The van der Waals surface area contributed by atoms with Crippen LogP contribution in [0.25, 0.3) is 16.5 Å². The molecule has 5 nitrogen and oxygen atoms in total. The molecule has 1 saturated heterocycles. The highest BCUT2D eigenvalue weighted by Crippen LogP contribution is 2.51. The number of rotatable bonds is 3. The number of benzene rings is 2. The molecular formula is C27H29N5. The summed E-state index contributed by atoms with van der Waals surface area (Å²) >= 11 is 0. The monoisotopic (exact) mass is 423 g/mol. The average Bonchev–Trinajstić information content (AvgIpc) is 3.46. The molecule has 2 aromatic carbocycles. The van der Waals surface area contributed by atoms with E-state index in [9.17, 15) is 0 Å². The first-order valence-corrected chi connectivity index (χ1v) is 11.6. The van der Waals surface area contributed by atoms with E-state index in [1.807, 2.05) is 6.20 Å². The number of anilines is 1. The van der Waals surface area contributed by atoms with Gasteiger partial charge in [0.25, 0.3) is 0 Å². The number of nitrogens with one attached hydrogen (secondary N) is 1.